The molecule has 1 aliphatic rings. The molecular formula is C17H24N2O2. The van der Waals surface area contributed by atoms with E-state index in [0.717, 1.165) is 37.2 Å². The van der Waals surface area contributed by atoms with E-state index < -0.39 is 0 Å². The minimum absolute atomic E-state index is 0.0727. The van der Waals surface area contributed by atoms with E-state index in [9.17, 15) is 9.59 Å². The monoisotopic (exact) mass is 288 g/mol. The highest BCUT2D eigenvalue weighted by atomic mass is 16.2. The van der Waals surface area contributed by atoms with Crippen molar-refractivity contribution in [2.75, 3.05) is 18.4 Å². The summed E-state index contributed by atoms with van der Waals surface area (Å²) in [4.78, 5) is 25.8. The largest absolute Gasteiger partial charge is 0.339 e. The molecule has 1 aromatic rings. The molecule has 0 bridgehead atoms. The van der Waals surface area contributed by atoms with Gasteiger partial charge in [-0.1, -0.05) is 25.3 Å². The van der Waals surface area contributed by atoms with E-state index in [1.807, 2.05) is 24.0 Å². The third-order valence-electron chi connectivity index (χ3n) is 3.94. The summed E-state index contributed by atoms with van der Waals surface area (Å²) in [6.45, 7) is 5.08. The lowest BCUT2D eigenvalue weighted by molar-refractivity contribution is -0.114. The Balaban J connectivity index is 2.15. The first-order valence-corrected chi connectivity index (χ1v) is 7.75. The van der Waals surface area contributed by atoms with Gasteiger partial charge in [-0.3, -0.25) is 9.59 Å². The number of likely N-dealkylation sites (tertiary alicyclic amines) is 1. The first-order chi connectivity index (χ1) is 10.1. The van der Waals surface area contributed by atoms with Crippen LogP contribution in [-0.4, -0.2) is 29.8 Å². The normalized spacial score (nSPS) is 16.0. The Morgan fingerprint density at radius 3 is 2.29 bits per heavy atom. The molecule has 1 fully saturated rings. The molecule has 2 rings (SSSR count). The van der Waals surface area contributed by atoms with Crippen molar-refractivity contribution in [3.63, 3.8) is 0 Å². The molecule has 0 radical (unpaired) electrons. The van der Waals surface area contributed by atoms with Gasteiger partial charge in [0.05, 0.1) is 0 Å². The lowest BCUT2D eigenvalue weighted by Gasteiger charge is -2.25. The number of benzene rings is 1. The molecule has 114 valence electrons. The Hall–Kier alpha value is -1.84. The second-order valence-corrected chi connectivity index (χ2v) is 5.77. The van der Waals surface area contributed by atoms with Gasteiger partial charge in [0.25, 0.3) is 5.91 Å². The molecule has 1 heterocycles. The molecule has 0 spiro atoms. The fourth-order valence-electron chi connectivity index (χ4n) is 2.71. The molecule has 0 atom stereocenters. The van der Waals surface area contributed by atoms with Crippen LogP contribution in [0.4, 0.5) is 5.69 Å². The van der Waals surface area contributed by atoms with Gasteiger partial charge in [0.2, 0.25) is 5.91 Å². The van der Waals surface area contributed by atoms with E-state index >= 15 is 0 Å². The maximum atomic E-state index is 12.6. The molecule has 1 aliphatic heterocycles. The van der Waals surface area contributed by atoms with Gasteiger partial charge in [0.15, 0.2) is 0 Å². The molecule has 0 aromatic heterocycles. The van der Waals surface area contributed by atoms with Crippen LogP contribution in [0, 0.1) is 6.92 Å². The van der Waals surface area contributed by atoms with Crippen molar-refractivity contribution < 1.29 is 9.59 Å². The lowest BCUT2D eigenvalue weighted by atomic mass is 10.1. The number of nitrogens with one attached hydrogen (secondary N) is 1. The number of carbonyl (C=O) groups excluding carboxylic acids is 2. The third kappa shape index (κ3) is 4.31. The second kappa shape index (κ2) is 7.25. The van der Waals surface area contributed by atoms with Crippen molar-refractivity contribution in [1.82, 2.24) is 4.90 Å². The summed E-state index contributed by atoms with van der Waals surface area (Å²) >= 11 is 0. The fourth-order valence-corrected chi connectivity index (χ4v) is 2.71. The molecular weight excluding hydrogens is 264 g/mol. The summed E-state index contributed by atoms with van der Waals surface area (Å²) in [5.41, 5.74) is 2.35. The van der Waals surface area contributed by atoms with Crippen molar-refractivity contribution in [1.29, 1.82) is 0 Å². The summed E-state index contributed by atoms with van der Waals surface area (Å²) in [6, 6.07) is 5.53. The Kier molecular flexibility index (Phi) is 5.37. The van der Waals surface area contributed by atoms with E-state index in [0.29, 0.717) is 5.56 Å². The van der Waals surface area contributed by atoms with Crippen molar-refractivity contribution >= 4 is 17.5 Å². The maximum Gasteiger partial charge on any atom is 0.253 e. The van der Waals surface area contributed by atoms with Gasteiger partial charge in [-0.25, -0.2) is 0 Å². The van der Waals surface area contributed by atoms with Crippen LogP contribution in [0.2, 0.25) is 0 Å². The number of rotatable bonds is 2. The summed E-state index contributed by atoms with van der Waals surface area (Å²) < 4.78 is 0. The molecule has 0 aliphatic carbocycles. The highest BCUT2D eigenvalue weighted by Gasteiger charge is 2.17. The van der Waals surface area contributed by atoms with Crippen molar-refractivity contribution in [3.8, 4) is 0 Å². The number of nitrogens with zero attached hydrogens (tertiary/aromatic N) is 1. The van der Waals surface area contributed by atoms with Crippen LogP contribution in [0.15, 0.2) is 18.2 Å². The smallest absolute Gasteiger partial charge is 0.253 e. The van der Waals surface area contributed by atoms with Gasteiger partial charge in [-0.15, -0.1) is 0 Å². The molecule has 1 aromatic carbocycles. The van der Waals surface area contributed by atoms with Gasteiger partial charge < -0.3 is 10.2 Å². The summed E-state index contributed by atoms with van der Waals surface area (Å²) in [6.07, 6.45) is 5.84. The minimum atomic E-state index is -0.117. The predicted octanol–water partition coefficient (Wildman–Crippen LogP) is 3.36. The van der Waals surface area contributed by atoms with E-state index in [1.165, 1.54) is 26.2 Å². The van der Waals surface area contributed by atoms with Gasteiger partial charge >= 0.3 is 0 Å². The Morgan fingerprint density at radius 2 is 1.67 bits per heavy atom. The SMILES string of the molecule is CC(=O)Nc1cc(C(=O)N2CCCCCCC2)ccc1C. The van der Waals surface area contributed by atoms with E-state index in [2.05, 4.69) is 5.32 Å². The first kappa shape index (κ1) is 15.5. The molecule has 0 unspecified atom stereocenters. The molecule has 21 heavy (non-hydrogen) atoms. The first-order valence-electron chi connectivity index (χ1n) is 7.75. The number of amides is 2. The third-order valence-corrected chi connectivity index (χ3v) is 3.94. The molecule has 2 amide bonds. The molecule has 1 saturated heterocycles. The lowest BCUT2D eigenvalue weighted by Crippen LogP contribution is -2.33. The number of anilines is 1. The van der Waals surface area contributed by atoms with Gasteiger partial charge in [0.1, 0.15) is 0 Å². The Bertz CT molecular complexity index is 518. The Labute approximate surface area is 126 Å². The number of hydrogen-bond donors (Lipinski definition) is 1. The number of aryl methyl sites for hydroxylation is 1. The van der Waals surface area contributed by atoms with Crippen LogP contribution in [0.5, 0.6) is 0 Å². The summed E-state index contributed by atoms with van der Waals surface area (Å²) in [5.74, 6) is -0.0440. The topological polar surface area (TPSA) is 49.4 Å². The average Bonchev–Trinajstić information content (AvgIpc) is 2.40. The summed E-state index contributed by atoms with van der Waals surface area (Å²) in [7, 11) is 0. The fraction of sp³-hybridized carbons (Fsp3) is 0.529. The quantitative estimate of drug-likeness (QED) is 0.907. The highest BCUT2D eigenvalue weighted by molar-refractivity contribution is 5.97. The van der Waals surface area contributed by atoms with E-state index in [4.69, 9.17) is 0 Å². The van der Waals surface area contributed by atoms with Gasteiger partial charge in [-0.2, -0.15) is 0 Å². The Morgan fingerprint density at radius 1 is 1.05 bits per heavy atom. The second-order valence-electron chi connectivity index (χ2n) is 5.77. The number of carbonyl (C=O) groups is 2. The average molecular weight is 288 g/mol. The predicted molar refractivity (Wildman–Crippen MR) is 84.5 cm³/mol. The zero-order valence-electron chi connectivity index (χ0n) is 12.9. The van der Waals surface area contributed by atoms with Crippen LogP contribution in [0.3, 0.4) is 0 Å². The molecule has 0 saturated carbocycles. The van der Waals surface area contributed by atoms with E-state index in [1.54, 1.807) is 6.07 Å². The van der Waals surface area contributed by atoms with Crippen LogP contribution < -0.4 is 5.32 Å². The standard InChI is InChI=1S/C17H24N2O2/c1-13-8-9-15(12-16(13)18-14(2)20)17(21)19-10-6-4-3-5-7-11-19/h8-9,12H,3-7,10-11H2,1-2H3,(H,18,20). The number of hydrogen-bond acceptors (Lipinski definition) is 2. The zero-order chi connectivity index (χ0) is 15.2. The van der Waals surface area contributed by atoms with Gasteiger partial charge in [0, 0.05) is 31.3 Å². The van der Waals surface area contributed by atoms with Crippen LogP contribution in [0.1, 0.15) is 54.9 Å². The highest BCUT2D eigenvalue weighted by Crippen LogP contribution is 2.19. The summed E-state index contributed by atoms with van der Waals surface area (Å²) in [5, 5.41) is 2.78. The van der Waals surface area contributed by atoms with Gasteiger partial charge in [-0.05, 0) is 37.5 Å². The van der Waals surface area contributed by atoms with Crippen molar-refractivity contribution in [2.45, 2.75) is 46.0 Å². The van der Waals surface area contributed by atoms with E-state index in [-0.39, 0.29) is 11.8 Å². The zero-order valence-corrected chi connectivity index (χ0v) is 12.9. The van der Waals surface area contributed by atoms with Crippen LogP contribution in [0.25, 0.3) is 0 Å². The molecule has 4 nitrogen and oxygen atoms in total. The van der Waals surface area contributed by atoms with Crippen LogP contribution >= 0.6 is 0 Å². The van der Waals surface area contributed by atoms with Crippen LogP contribution in [-0.2, 0) is 4.79 Å². The van der Waals surface area contributed by atoms with Crippen molar-refractivity contribution in [3.05, 3.63) is 29.3 Å². The molecule has 4 heteroatoms. The maximum absolute atomic E-state index is 12.6. The molecule has 1 N–H and O–H groups in total. The van der Waals surface area contributed by atoms with Crippen molar-refractivity contribution in [2.24, 2.45) is 0 Å². The minimum Gasteiger partial charge on any atom is -0.339 e.